The molecule has 0 fully saturated rings. The van der Waals surface area contributed by atoms with Crippen LogP contribution in [0.3, 0.4) is 0 Å². The van der Waals surface area contributed by atoms with Crippen molar-refractivity contribution < 1.29 is 87.8 Å². The molecule has 4 aliphatic rings. The zero-order valence-electron chi connectivity index (χ0n) is 31.2. The largest absolute Gasteiger partial charge is 0.454 e. The van der Waals surface area contributed by atoms with Crippen molar-refractivity contribution in [3.05, 3.63) is 105 Å². The number of alkyl halides is 20. The summed E-state index contributed by atoms with van der Waals surface area (Å²) in [6, 6.07) is 2.68. The third-order valence-corrected chi connectivity index (χ3v) is 12.8. The molecule has 0 aliphatic heterocycles. The normalized spacial score (nSPS) is 27.3. The molecule has 2 aromatic rings. The molecule has 0 spiro atoms. The van der Waals surface area contributed by atoms with Crippen molar-refractivity contribution in [2.75, 3.05) is 0 Å². The van der Waals surface area contributed by atoms with Gasteiger partial charge in [0.2, 0.25) is 0 Å². The van der Waals surface area contributed by atoms with Crippen LogP contribution in [0.1, 0.15) is 85.0 Å². The van der Waals surface area contributed by atoms with E-state index in [-0.39, 0.29) is 83.4 Å². The summed E-state index contributed by atoms with van der Waals surface area (Å²) in [6.07, 6.45) is -23.8. The van der Waals surface area contributed by atoms with Crippen molar-refractivity contribution in [3.8, 4) is 0 Å². The zero-order valence-corrected chi connectivity index (χ0v) is 31.2. The Labute approximate surface area is 327 Å². The SMILES string of the molecule is CC1(C(F)(F)C(F)(F)F)C=CC(C)(C(F)(F)C(F)(F)F)c2cc3c(cc21)CC=C3CCC1=CCc2cc3c(cc21)C(C)(C(F)(F)C(F)(F)F)C=CC3(C)C(F)(F)C(F)(F)F. The van der Waals surface area contributed by atoms with Gasteiger partial charge in [0.25, 0.3) is 0 Å². The summed E-state index contributed by atoms with van der Waals surface area (Å²) in [5.41, 5.74) is -18.9. The summed E-state index contributed by atoms with van der Waals surface area (Å²) in [4.78, 5) is 0. The average Bonchev–Trinajstić information content (AvgIpc) is 3.70. The summed E-state index contributed by atoms with van der Waals surface area (Å²) >= 11 is 0. The number of fused-ring (bicyclic) bond motifs is 4. The standard InChI is InChI=1S/C40H30F20/c1-29(33(41,42)37(49,50)51)11-13-31(3,35(45,46)39(55,56)57)27-17-23-19(7-9-21(23)15-25(27)29)5-6-20-8-10-22-16-26-28(18-24(20)22)32(4,36(47,48)40(58,59)60)14-12-30(26,2)34(43,44)38(52,53)54/h7-8,11-18H,5-6,9-10H2,1-4H3. The monoisotopic (exact) mass is 890 g/mol. The number of benzene rings is 2. The first-order valence-electron chi connectivity index (χ1n) is 17.7. The van der Waals surface area contributed by atoms with Crippen LogP contribution in [0.5, 0.6) is 0 Å². The van der Waals surface area contributed by atoms with E-state index in [4.69, 9.17) is 0 Å². The molecule has 0 aromatic heterocycles. The van der Waals surface area contributed by atoms with Gasteiger partial charge in [0.15, 0.2) is 0 Å². The lowest BCUT2D eigenvalue weighted by atomic mass is 9.61. The van der Waals surface area contributed by atoms with Gasteiger partial charge in [0, 0.05) is 0 Å². The third-order valence-electron chi connectivity index (χ3n) is 12.8. The average molecular weight is 891 g/mol. The Kier molecular flexibility index (Phi) is 9.70. The number of hydrogen-bond acceptors (Lipinski definition) is 0. The molecule has 4 aliphatic carbocycles. The first-order chi connectivity index (χ1) is 26.8. The summed E-state index contributed by atoms with van der Waals surface area (Å²) in [6.45, 7) is 1.29. The van der Waals surface area contributed by atoms with E-state index >= 15 is 35.1 Å². The third kappa shape index (κ3) is 5.85. The second-order valence-electron chi connectivity index (χ2n) is 16.2. The van der Waals surface area contributed by atoms with Crippen molar-refractivity contribution in [1.29, 1.82) is 0 Å². The molecule has 0 N–H and O–H groups in total. The van der Waals surface area contributed by atoms with Gasteiger partial charge in [0.05, 0.1) is 21.7 Å². The first kappa shape index (κ1) is 45.5. The van der Waals surface area contributed by atoms with Crippen LogP contribution in [0, 0.1) is 0 Å². The van der Waals surface area contributed by atoms with Crippen LogP contribution in [-0.2, 0) is 34.5 Å². The van der Waals surface area contributed by atoms with Crippen molar-refractivity contribution in [2.24, 2.45) is 0 Å². The van der Waals surface area contributed by atoms with Gasteiger partial charge in [-0.3, -0.25) is 0 Å². The molecule has 0 saturated heterocycles. The van der Waals surface area contributed by atoms with Gasteiger partial charge < -0.3 is 0 Å². The Bertz CT molecular complexity index is 2080. The highest BCUT2D eigenvalue weighted by atomic mass is 19.4. The Hall–Kier alpha value is -4.00. The minimum Gasteiger partial charge on any atom is -0.195 e. The molecular formula is C40H30F20. The van der Waals surface area contributed by atoms with Gasteiger partial charge in [-0.05, 0) is 121 Å². The first-order valence-corrected chi connectivity index (χ1v) is 17.7. The Morgan fingerprint density at radius 1 is 0.367 bits per heavy atom. The fraction of sp³-hybridized carbons (Fsp3) is 0.500. The van der Waals surface area contributed by atoms with E-state index < -0.39 is 92.3 Å². The summed E-state index contributed by atoms with van der Waals surface area (Å²) < 4.78 is 287. The molecule has 0 heterocycles. The number of allylic oxidation sites excluding steroid dienone is 8. The van der Waals surface area contributed by atoms with Gasteiger partial charge in [0.1, 0.15) is 0 Å². The molecule has 0 nitrogen and oxygen atoms in total. The minimum absolute atomic E-state index is 0.0287. The Morgan fingerprint density at radius 2 is 0.583 bits per heavy atom. The molecule has 2 aromatic carbocycles. The van der Waals surface area contributed by atoms with E-state index in [2.05, 4.69) is 0 Å². The molecule has 330 valence electrons. The molecule has 6 rings (SSSR count). The van der Waals surface area contributed by atoms with Crippen LogP contribution < -0.4 is 0 Å². The molecule has 0 saturated carbocycles. The van der Waals surface area contributed by atoms with E-state index in [0.29, 0.717) is 52.0 Å². The van der Waals surface area contributed by atoms with Crippen molar-refractivity contribution in [2.45, 2.75) is 123 Å². The fourth-order valence-corrected chi connectivity index (χ4v) is 8.67. The maximum atomic E-state index is 15.3. The maximum Gasteiger partial charge on any atom is 0.454 e. The second-order valence-corrected chi connectivity index (χ2v) is 16.2. The lowest BCUT2D eigenvalue weighted by molar-refractivity contribution is -0.307. The second kappa shape index (κ2) is 12.8. The molecule has 4 unspecified atom stereocenters. The molecule has 20 heteroatoms. The Balaban J connectivity index is 1.43. The highest BCUT2D eigenvalue weighted by molar-refractivity contribution is 5.80. The molecule has 0 bridgehead atoms. The molecule has 4 atom stereocenters. The number of halogens is 20. The predicted octanol–water partition coefficient (Wildman–Crippen LogP) is 14.0. The van der Waals surface area contributed by atoms with Gasteiger partial charge in [-0.15, -0.1) is 0 Å². The van der Waals surface area contributed by atoms with E-state index in [1.54, 1.807) is 0 Å². The van der Waals surface area contributed by atoms with Crippen LogP contribution in [0.4, 0.5) is 87.8 Å². The van der Waals surface area contributed by atoms with Crippen LogP contribution in [0.15, 0.2) is 60.7 Å². The van der Waals surface area contributed by atoms with Crippen molar-refractivity contribution >= 4 is 11.1 Å². The number of rotatable bonds is 7. The predicted molar refractivity (Wildman–Crippen MR) is 177 cm³/mol. The fourth-order valence-electron chi connectivity index (χ4n) is 8.67. The van der Waals surface area contributed by atoms with E-state index in [1.807, 2.05) is 0 Å². The van der Waals surface area contributed by atoms with E-state index in [0.717, 1.165) is 0 Å². The lowest BCUT2D eigenvalue weighted by Gasteiger charge is -2.47. The van der Waals surface area contributed by atoms with Crippen molar-refractivity contribution in [3.63, 3.8) is 0 Å². The van der Waals surface area contributed by atoms with Crippen LogP contribution in [0.25, 0.3) is 11.1 Å². The van der Waals surface area contributed by atoms with E-state index in [9.17, 15) is 52.7 Å². The van der Waals surface area contributed by atoms with Crippen LogP contribution in [-0.4, -0.2) is 48.4 Å². The van der Waals surface area contributed by atoms with Gasteiger partial charge >= 0.3 is 48.4 Å². The minimum atomic E-state index is -6.33. The molecule has 0 amide bonds. The highest BCUT2D eigenvalue weighted by Crippen LogP contribution is 2.62. The van der Waals surface area contributed by atoms with Gasteiger partial charge in [-0.2, -0.15) is 87.8 Å². The summed E-state index contributed by atoms with van der Waals surface area (Å²) in [5.74, 6) is -22.9. The van der Waals surface area contributed by atoms with Gasteiger partial charge in [-0.25, -0.2) is 0 Å². The highest BCUT2D eigenvalue weighted by Gasteiger charge is 2.75. The topological polar surface area (TPSA) is 0 Å². The summed E-state index contributed by atoms with van der Waals surface area (Å²) in [5, 5.41) is 0. The van der Waals surface area contributed by atoms with E-state index in [1.165, 1.54) is 12.2 Å². The molecule has 60 heavy (non-hydrogen) atoms. The summed E-state index contributed by atoms with van der Waals surface area (Å²) in [7, 11) is 0. The van der Waals surface area contributed by atoms with Gasteiger partial charge in [-0.1, -0.05) is 48.6 Å². The Morgan fingerprint density at radius 3 is 0.800 bits per heavy atom. The lowest BCUT2D eigenvalue weighted by Crippen LogP contribution is -2.58. The molecular weight excluding hydrogens is 860 g/mol. The zero-order chi connectivity index (χ0) is 45.7. The van der Waals surface area contributed by atoms with Crippen LogP contribution in [0.2, 0.25) is 0 Å². The smallest absolute Gasteiger partial charge is 0.195 e. The quantitative estimate of drug-likeness (QED) is 0.192. The number of hydrogen-bond donors (Lipinski definition) is 0. The maximum absolute atomic E-state index is 15.3. The molecule has 0 radical (unpaired) electrons. The van der Waals surface area contributed by atoms with Crippen molar-refractivity contribution in [1.82, 2.24) is 0 Å². The van der Waals surface area contributed by atoms with Crippen LogP contribution >= 0.6 is 0 Å².